The second-order valence-electron chi connectivity index (χ2n) is 4.82. The highest BCUT2D eigenvalue weighted by atomic mass is 14.8. The minimum Gasteiger partial charge on any atom is -0.291 e. The number of aliphatic imine (C=N–C) groups is 2. The summed E-state index contributed by atoms with van der Waals surface area (Å²) < 4.78 is 0. The van der Waals surface area contributed by atoms with E-state index in [2.05, 4.69) is 20.0 Å². The van der Waals surface area contributed by atoms with Gasteiger partial charge in [0.15, 0.2) is 0 Å². The largest absolute Gasteiger partial charge is 0.291 e. The number of pyridine rings is 2. The molecule has 21 heavy (non-hydrogen) atoms. The first-order valence-corrected chi connectivity index (χ1v) is 6.93. The van der Waals surface area contributed by atoms with E-state index in [1.54, 1.807) is 14.1 Å². The normalized spacial score (nSPS) is 12.6. The van der Waals surface area contributed by atoms with Crippen LogP contribution < -0.4 is 0 Å². The molecule has 4 heteroatoms. The number of hydrogen-bond donors (Lipinski definition) is 0. The maximum absolute atomic E-state index is 4.63. The summed E-state index contributed by atoms with van der Waals surface area (Å²) in [6.07, 6.45) is 0.704. The van der Waals surface area contributed by atoms with E-state index in [4.69, 9.17) is 0 Å². The van der Waals surface area contributed by atoms with Gasteiger partial charge < -0.3 is 0 Å². The fraction of sp³-hybridized carbons (Fsp3) is 0.294. The highest BCUT2D eigenvalue weighted by Crippen LogP contribution is 2.09. The highest BCUT2D eigenvalue weighted by Gasteiger charge is 2.05. The van der Waals surface area contributed by atoms with Crippen LogP contribution in [0.3, 0.4) is 0 Å². The highest BCUT2D eigenvalue weighted by molar-refractivity contribution is 5.97. The Balaban J connectivity index is 2.26. The van der Waals surface area contributed by atoms with E-state index >= 15 is 0 Å². The lowest BCUT2D eigenvalue weighted by atomic mass is 10.1. The Morgan fingerprint density at radius 3 is 1.62 bits per heavy atom. The summed E-state index contributed by atoms with van der Waals surface area (Å²) >= 11 is 0. The molecule has 0 bridgehead atoms. The predicted octanol–water partition coefficient (Wildman–Crippen LogP) is 2.95. The first kappa shape index (κ1) is 15.0. The van der Waals surface area contributed by atoms with Gasteiger partial charge in [-0.2, -0.15) is 0 Å². The Labute approximate surface area is 125 Å². The van der Waals surface area contributed by atoms with Crippen LogP contribution in [0.25, 0.3) is 0 Å². The average molecular weight is 280 g/mol. The molecule has 0 N–H and O–H groups in total. The smallest absolute Gasteiger partial charge is 0.0840 e. The molecule has 2 aromatic rings. The van der Waals surface area contributed by atoms with Gasteiger partial charge in [-0.1, -0.05) is 12.1 Å². The molecule has 0 atom stereocenters. The van der Waals surface area contributed by atoms with E-state index in [1.165, 1.54) is 0 Å². The molecule has 0 saturated heterocycles. The van der Waals surface area contributed by atoms with Crippen molar-refractivity contribution in [2.24, 2.45) is 9.98 Å². The van der Waals surface area contributed by atoms with Gasteiger partial charge in [0.25, 0.3) is 0 Å². The molecule has 0 saturated carbocycles. The molecule has 0 radical (unpaired) electrons. The first-order chi connectivity index (χ1) is 10.1. The standard InChI is InChI=1S/C17H20N4/c1-12(18-3)16-9-5-7-14(20-16)11-15-8-6-10-17(21-15)13(2)19-4/h5-10H,11H2,1-4H3. The van der Waals surface area contributed by atoms with Crippen LogP contribution in [0.5, 0.6) is 0 Å². The summed E-state index contributed by atoms with van der Waals surface area (Å²) in [6, 6.07) is 12.0. The zero-order chi connectivity index (χ0) is 15.2. The summed E-state index contributed by atoms with van der Waals surface area (Å²) in [5.74, 6) is 0. The number of hydrogen-bond acceptors (Lipinski definition) is 4. The molecule has 0 aliphatic rings. The van der Waals surface area contributed by atoms with Crippen LogP contribution >= 0.6 is 0 Å². The fourth-order valence-electron chi connectivity index (χ4n) is 1.97. The lowest BCUT2D eigenvalue weighted by Gasteiger charge is -2.06. The molecule has 0 unspecified atom stereocenters. The number of rotatable bonds is 4. The molecular formula is C17H20N4. The van der Waals surface area contributed by atoms with E-state index in [0.29, 0.717) is 6.42 Å². The summed E-state index contributed by atoms with van der Waals surface area (Å²) in [5, 5.41) is 0. The molecule has 4 nitrogen and oxygen atoms in total. The van der Waals surface area contributed by atoms with Gasteiger partial charge in [0, 0.05) is 31.9 Å². The van der Waals surface area contributed by atoms with Crippen LogP contribution in [0.2, 0.25) is 0 Å². The zero-order valence-electron chi connectivity index (χ0n) is 13.0. The van der Waals surface area contributed by atoms with E-state index in [1.807, 2.05) is 50.2 Å². The van der Waals surface area contributed by atoms with Crippen molar-refractivity contribution in [3.05, 3.63) is 59.2 Å². The molecule has 0 spiro atoms. The van der Waals surface area contributed by atoms with Crippen LogP contribution in [0.4, 0.5) is 0 Å². The Hall–Kier alpha value is -2.36. The van der Waals surface area contributed by atoms with Gasteiger partial charge in [0.1, 0.15) is 0 Å². The molecule has 108 valence electrons. The Morgan fingerprint density at radius 2 is 1.24 bits per heavy atom. The third kappa shape index (κ3) is 3.81. The molecule has 0 amide bonds. The van der Waals surface area contributed by atoms with Crippen molar-refractivity contribution in [2.75, 3.05) is 14.1 Å². The van der Waals surface area contributed by atoms with Crippen LogP contribution in [0, 0.1) is 0 Å². The minimum absolute atomic E-state index is 0.704. The van der Waals surface area contributed by atoms with Gasteiger partial charge in [-0.25, -0.2) is 0 Å². The van der Waals surface area contributed by atoms with Crippen molar-refractivity contribution >= 4 is 11.4 Å². The zero-order valence-corrected chi connectivity index (χ0v) is 13.0. The monoisotopic (exact) mass is 280 g/mol. The van der Waals surface area contributed by atoms with Crippen LogP contribution in [0.1, 0.15) is 36.6 Å². The van der Waals surface area contributed by atoms with Gasteiger partial charge in [0.05, 0.1) is 22.8 Å². The topological polar surface area (TPSA) is 50.5 Å². The molecule has 2 heterocycles. The fourth-order valence-corrected chi connectivity index (χ4v) is 1.97. The van der Waals surface area contributed by atoms with Crippen molar-refractivity contribution < 1.29 is 0 Å². The van der Waals surface area contributed by atoms with E-state index in [-0.39, 0.29) is 0 Å². The maximum Gasteiger partial charge on any atom is 0.0840 e. The summed E-state index contributed by atoms with van der Waals surface area (Å²) in [6.45, 7) is 3.93. The van der Waals surface area contributed by atoms with Gasteiger partial charge in [0.2, 0.25) is 0 Å². The summed E-state index contributed by atoms with van der Waals surface area (Å²) in [4.78, 5) is 17.6. The third-order valence-electron chi connectivity index (χ3n) is 3.39. The van der Waals surface area contributed by atoms with Gasteiger partial charge in [-0.15, -0.1) is 0 Å². The van der Waals surface area contributed by atoms with Crippen LogP contribution in [-0.4, -0.2) is 35.5 Å². The number of aromatic nitrogens is 2. The Morgan fingerprint density at radius 1 is 0.810 bits per heavy atom. The van der Waals surface area contributed by atoms with E-state index in [0.717, 1.165) is 34.2 Å². The lowest BCUT2D eigenvalue weighted by molar-refractivity contribution is 1.00. The first-order valence-electron chi connectivity index (χ1n) is 6.93. The van der Waals surface area contributed by atoms with Crippen LogP contribution in [0.15, 0.2) is 46.4 Å². The van der Waals surface area contributed by atoms with Crippen molar-refractivity contribution in [3.63, 3.8) is 0 Å². The minimum atomic E-state index is 0.704. The molecule has 0 aliphatic heterocycles. The van der Waals surface area contributed by atoms with Crippen LogP contribution in [-0.2, 0) is 6.42 Å². The maximum atomic E-state index is 4.63. The third-order valence-corrected chi connectivity index (χ3v) is 3.39. The average Bonchev–Trinajstić information content (AvgIpc) is 2.53. The SMILES string of the molecule is CN=C(C)c1cccc(Cc2cccc(C(C)=NC)n2)n1. The van der Waals surface area contributed by atoms with Crippen molar-refractivity contribution in [2.45, 2.75) is 20.3 Å². The predicted molar refractivity (Wildman–Crippen MR) is 87.6 cm³/mol. The molecule has 0 aliphatic carbocycles. The Bertz CT molecular complexity index is 627. The number of nitrogens with zero attached hydrogens (tertiary/aromatic N) is 4. The Kier molecular flexibility index (Phi) is 4.93. The molecule has 0 aromatic carbocycles. The lowest BCUT2D eigenvalue weighted by Crippen LogP contribution is -2.05. The van der Waals surface area contributed by atoms with E-state index in [9.17, 15) is 0 Å². The van der Waals surface area contributed by atoms with Gasteiger partial charge >= 0.3 is 0 Å². The van der Waals surface area contributed by atoms with Crippen molar-refractivity contribution in [3.8, 4) is 0 Å². The van der Waals surface area contributed by atoms with Gasteiger partial charge in [-0.05, 0) is 38.1 Å². The van der Waals surface area contributed by atoms with E-state index < -0.39 is 0 Å². The van der Waals surface area contributed by atoms with Crippen molar-refractivity contribution in [1.29, 1.82) is 0 Å². The summed E-state index contributed by atoms with van der Waals surface area (Å²) in [5.41, 5.74) is 5.69. The second-order valence-corrected chi connectivity index (χ2v) is 4.82. The second kappa shape index (κ2) is 6.88. The molecular weight excluding hydrogens is 260 g/mol. The quantitative estimate of drug-likeness (QED) is 0.808. The summed E-state index contributed by atoms with van der Waals surface area (Å²) in [7, 11) is 3.56. The molecule has 2 rings (SSSR count). The van der Waals surface area contributed by atoms with Gasteiger partial charge in [-0.3, -0.25) is 20.0 Å². The van der Waals surface area contributed by atoms with Crippen molar-refractivity contribution in [1.82, 2.24) is 9.97 Å². The molecule has 0 fully saturated rings. The molecule has 2 aromatic heterocycles.